The van der Waals surface area contributed by atoms with Crippen molar-refractivity contribution >= 4 is 11.9 Å². The molecule has 0 aliphatic carbocycles. The highest BCUT2D eigenvalue weighted by atomic mass is 16.5. The predicted molar refractivity (Wildman–Crippen MR) is 128 cm³/mol. The molecule has 0 atom stereocenters. The molecule has 1 aromatic heterocycles. The van der Waals surface area contributed by atoms with E-state index < -0.39 is 5.97 Å². The van der Waals surface area contributed by atoms with E-state index in [-0.39, 0.29) is 36.6 Å². The van der Waals surface area contributed by atoms with Crippen LogP contribution in [0.15, 0.2) is 97.2 Å². The van der Waals surface area contributed by atoms with Gasteiger partial charge in [-0.2, -0.15) is 5.10 Å². The molecule has 172 valence electrons. The molecule has 0 bridgehead atoms. The Labute approximate surface area is 197 Å². The van der Waals surface area contributed by atoms with Crippen molar-refractivity contribution in [3.8, 4) is 11.4 Å². The summed E-state index contributed by atoms with van der Waals surface area (Å²) in [5, 5.41) is 7.34. The molecule has 4 aromatic rings. The number of esters is 1. The van der Waals surface area contributed by atoms with Crippen LogP contribution in [0.4, 0.5) is 0 Å². The first-order chi connectivity index (χ1) is 16.7. The number of para-hydroxylation sites is 1. The molecule has 4 rings (SSSR count). The second-order valence-corrected chi connectivity index (χ2v) is 7.45. The molecule has 0 saturated heterocycles. The van der Waals surface area contributed by atoms with Crippen molar-refractivity contribution in [2.45, 2.75) is 13.0 Å². The fourth-order valence-corrected chi connectivity index (χ4v) is 3.51. The zero-order chi connectivity index (χ0) is 23.8. The van der Waals surface area contributed by atoms with E-state index in [1.807, 2.05) is 91.0 Å². The molecule has 0 radical (unpaired) electrons. The van der Waals surface area contributed by atoms with E-state index in [9.17, 15) is 9.59 Å². The van der Waals surface area contributed by atoms with Crippen LogP contribution in [0.2, 0.25) is 0 Å². The summed E-state index contributed by atoms with van der Waals surface area (Å²) < 4.78 is 12.4. The number of carbonyl (C=O) groups is 2. The lowest BCUT2D eigenvalue weighted by molar-refractivity contribution is -0.123. The number of ether oxygens (including phenoxy) is 2. The summed E-state index contributed by atoms with van der Waals surface area (Å²) in [5.74, 6) is -0.771. The second-order valence-electron chi connectivity index (χ2n) is 7.45. The molecule has 1 amide bonds. The second kappa shape index (κ2) is 11.0. The van der Waals surface area contributed by atoms with Gasteiger partial charge in [-0.05, 0) is 30.2 Å². The first-order valence-electron chi connectivity index (χ1n) is 11.0. The molecule has 0 aliphatic rings. The molecule has 7 heteroatoms. The van der Waals surface area contributed by atoms with Gasteiger partial charge in [-0.25, -0.2) is 9.48 Å². The van der Waals surface area contributed by atoms with Crippen molar-refractivity contribution in [3.05, 3.63) is 114 Å². The molecule has 7 nitrogen and oxygen atoms in total. The van der Waals surface area contributed by atoms with Crippen LogP contribution in [0.1, 0.15) is 34.6 Å². The first kappa shape index (κ1) is 22.8. The van der Waals surface area contributed by atoms with Gasteiger partial charge in [0.25, 0.3) is 5.91 Å². The quantitative estimate of drug-likeness (QED) is 0.380. The number of carbonyl (C=O) groups excluding carboxylic acids is 2. The van der Waals surface area contributed by atoms with Crippen LogP contribution in [0.3, 0.4) is 0 Å². The average molecular weight is 456 g/mol. The smallest absolute Gasteiger partial charge is 0.362 e. The summed E-state index contributed by atoms with van der Waals surface area (Å²) in [5.41, 5.74) is 2.67. The fraction of sp³-hybridized carbons (Fsp3) is 0.148. The van der Waals surface area contributed by atoms with Gasteiger partial charge in [-0.1, -0.05) is 78.9 Å². The monoisotopic (exact) mass is 455 g/mol. The lowest BCUT2D eigenvalue weighted by atomic mass is 9.99. The van der Waals surface area contributed by atoms with Gasteiger partial charge in [0.15, 0.2) is 12.4 Å². The van der Waals surface area contributed by atoms with Crippen LogP contribution >= 0.6 is 0 Å². The predicted octanol–water partition coefficient (Wildman–Crippen LogP) is 4.33. The zero-order valence-corrected chi connectivity index (χ0v) is 18.8. The van der Waals surface area contributed by atoms with E-state index in [0.717, 1.165) is 16.8 Å². The summed E-state index contributed by atoms with van der Waals surface area (Å²) in [7, 11) is 0. The van der Waals surface area contributed by atoms with Crippen LogP contribution in [-0.4, -0.2) is 34.9 Å². The summed E-state index contributed by atoms with van der Waals surface area (Å²) in [6, 6.07) is 28.4. The SMILES string of the molecule is CCOC(=O)c1nn(-c2ccccc2)cc1OCC(=O)NC(c1ccccc1)c1ccccc1. The van der Waals surface area contributed by atoms with Crippen LogP contribution in [0.5, 0.6) is 5.75 Å². The van der Waals surface area contributed by atoms with Crippen LogP contribution in [0.25, 0.3) is 5.69 Å². The largest absolute Gasteiger partial charge is 0.480 e. The van der Waals surface area contributed by atoms with Gasteiger partial charge in [-0.15, -0.1) is 0 Å². The number of hydrogen-bond donors (Lipinski definition) is 1. The molecule has 0 spiro atoms. The van der Waals surface area contributed by atoms with Gasteiger partial charge in [0.2, 0.25) is 5.69 Å². The zero-order valence-electron chi connectivity index (χ0n) is 18.8. The third-order valence-corrected chi connectivity index (χ3v) is 5.10. The van der Waals surface area contributed by atoms with E-state index >= 15 is 0 Å². The molecule has 0 saturated carbocycles. The van der Waals surface area contributed by atoms with Crippen molar-refractivity contribution < 1.29 is 19.1 Å². The molecular weight excluding hydrogens is 430 g/mol. The molecule has 34 heavy (non-hydrogen) atoms. The Morgan fingerprint density at radius 2 is 1.44 bits per heavy atom. The van der Waals surface area contributed by atoms with E-state index in [1.165, 1.54) is 4.68 Å². The highest BCUT2D eigenvalue weighted by Gasteiger charge is 2.22. The molecule has 0 unspecified atom stereocenters. The minimum atomic E-state index is -0.612. The summed E-state index contributed by atoms with van der Waals surface area (Å²) in [6.07, 6.45) is 1.57. The number of hydrogen-bond acceptors (Lipinski definition) is 5. The maximum Gasteiger partial charge on any atom is 0.362 e. The van der Waals surface area contributed by atoms with Crippen molar-refractivity contribution in [1.82, 2.24) is 15.1 Å². The van der Waals surface area contributed by atoms with Gasteiger partial charge in [0, 0.05) is 0 Å². The third kappa shape index (κ3) is 5.50. The molecule has 1 N–H and O–H groups in total. The summed E-state index contributed by atoms with van der Waals surface area (Å²) in [6.45, 7) is 1.63. The van der Waals surface area contributed by atoms with Crippen molar-refractivity contribution in [1.29, 1.82) is 0 Å². The van der Waals surface area contributed by atoms with Crippen LogP contribution in [-0.2, 0) is 9.53 Å². The molecule has 3 aromatic carbocycles. The standard InChI is InChI=1S/C27H25N3O4/c1-2-33-27(32)26-23(18-30(29-26)22-16-10-5-11-17-22)34-19-24(31)28-25(20-12-6-3-7-13-20)21-14-8-4-9-15-21/h3-18,25H,2,19H2,1H3,(H,28,31). The van der Waals surface area contributed by atoms with Crippen LogP contribution < -0.4 is 10.1 Å². The van der Waals surface area contributed by atoms with Crippen molar-refractivity contribution in [3.63, 3.8) is 0 Å². The van der Waals surface area contributed by atoms with Gasteiger partial charge < -0.3 is 14.8 Å². The van der Waals surface area contributed by atoms with E-state index in [1.54, 1.807) is 13.1 Å². The van der Waals surface area contributed by atoms with Gasteiger partial charge in [0.05, 0.1) is 24.5 Å². The molecular formula is C27H25N3O4. The van der Waals surface area contributed by atoms with Gasteiger partial charge in [-0.3, -0.25) is 4.79 Å². The highest BCUT2D eigenvalue weighted by Crippen LogP contribution is 2.23. The molecule has 0 aliphatic heterocycles. The normalized spacial score (nSPS) is 10.6. The van der Waals surface area contributed by atoms with E-state index in [0.29, 0.717) is 0 Å². The Balaban J connectivity index is 1.52. The minimum Gasteiger partial charge on any atom is -0.480 e. The van der Waals surface area contributed by atoms with E-state index in [4.69, 9.17) is 9.47 Å². The number of benzene rings is 3. The summed E-state index contributed by atoms with van der Waals surface area (Å²) >= 11 is 0. The molecule has 1 heterocycles. The Kier molecular flexibility index (Phi) is 7.35. The Hall–Kier alpha value is -4.39. The first-order valence-corrected chi connectivity index (χ1v) is 11.0. The lowest BCUT2D eigenvalue weighted by Gasteiger charge is -2.20. The summed E-state index contributed by atoms with van der Waals surface area (Å²) in [4.78, 5) is 25.3. The number of nitrogens with zero attached hydrogens (tertiary/aromatic N) is 2. The lowest BCUT2D eigenvalue weighted by Crippen LogP contribution is -2.33. The van der Waals surface area contributed by atoms with Gasteiger partial charge >= 0.3 is 5.97 Å². The number of aromatic nitrogens is 2. The fourth-order valence-electron chi connectivity index (χ4n) is 3.51. The Morgan fingerprint density at radius 1 is 0.882 bits per heavy atom. The minimum absolute atomic E-state index is 0.0150. The molecule has 0 fully saturated rings. The Bertz CT molecular complexity index is 1190. The Morgan fingerprint density at radius 3 is 2.00 bits per heavy atom. The topological polar surface area (TPSA) is 82.4 Å². The van der Waals surface area contributed by atoms with Gasteiger partial charge in [0.1, 0.15) is 0 Å². The van der Waals surface area contributed by atoms with Crippen LogP contribution in [0, 0.1) is 0 Å². The number of rotatable bonds is 9. The van der Waals surface area contributed by atoms with Crippen molar-refractivity contribution in [2.75, 3.05) is 13.2 Å². The maximum absolute atomic E-state index is 12.9. The van der Waals surface area contributed by atoms with E-state index in [2.05, 4.69) is 10.4 Å². The number of nitrogens with one attached hydrogen (secondary N) is 1. The third-order valence-electron chi connectivity index (χ3n) is 5.10. The van der Waals surface area contributed by atoms with Crippen molar-refractivity contribution in [2.24, 2.45) is 0 Å². The average Bonchev–Trinajstić information content (AvgIpc) is 3.32. The highest BCUT2D eigenvalue weighted by molar-refractivity contribution is 5.90. The maximum atomic E-state index is 12.9. The number of amides is 1.